The zero-order valence-electron chi connectivity index (χ0n) is 13.9. The van der Waals surface area contributed by atoms with Crippen LogP contribution in [0.15, 0.2) is 53.6 Å². The molecule has 0 bridgehead atoms. The highest BCUT2D eigenvalue weighted by atomic mass is 16.2. The molecule has 128 valence electrons. The molecular formula is C19H20N4O2. The molecule has 3 aromatic rings. The monoisotopic (exact) mass is 336 g/mol. The number of hydrogen-bond donors (Lipinski definition) is 1. The van der Waals surface area contributed by atoms with Gasteiger partial charge in [-0.25, -0.2) is 0 Å². The molecule has 2 aromatic heterocycles. The number of pyridine rings is 1. The zero-order valence-corrected chi connectivity index (χ0v) is 13.9. The fourth-order valence-electron chi connectivity index (χ4n) is 3.62. The number of fused-ring (bicyclic) bond motifs is 1. The quantitative estimate of drug-likeness (QED) is 0.798. The van der Waals surface area contributed by atoms with Crippen LogP contribution in [0.5, 0.6) is 0 Å². The number of aromatic amines is 1. The van der Waals surface area contributed by atoms with Gasteiger partial charge in [0.2, 0.25) is 5.56 Å². The molecule has 6 heteroatoms. The van der Waals surface area contributed by atoms with Crippen LogP contribution < -0.4 is 5.56 Å². The topological polar surface area (TPSA) is 71.0 Å². The van der Waals surface area contributed by atoms with E-state index in [1.165, 1.54) is 6.07 Å². The Morgan fingerprint density at radius 2 is 2.12 bits per heavy atom. The Bertz CT molecular complexity index is 945. The van der Waals surface area contributed by atoms with Gasteiger partial charge in [0.25, 0.3) is 5.91 Å². The number of amides is 1. The van der Waals surface area contributed by atoms with E-state index in [1.807, 2.05) is 46.1 Å². The van der Waals surface area contributed by atoms with Crippen molar-refractivity contribution >= 4 is 16.8 Å². The van der Waals surface area contributed by atoms with E-state index in [0.717, 1.165) is 24.6 Å². The summed E-state index contributed by atoms with van der Waals surface area (Å²) in [7, 11) is 0. The van der Waals surface area contributed by atoms with Gasteiger partial charge < -0.3 is 9.88 Å². The van der Waals surface area contributed by atoms with Crippen molar-refractivity contribution < 1.29 is 4.79 Å². The van der Waals surface area contributed by atoms with Gasteiger partial charge in [0.05, 0.1) is 18.2 Å². The maximum absolute atomic E-state index is 13.2. The van der Waals surface area contributed by atoms with Crippen LogP contribution in [-0.2, 0) is 6.54 Å². The largest absolute Gasteiger partial charge is 0.334 e. The van der Waals surface area contributed by atoms with Crippen molar-refractivity contribution in [1.29, 1.82) is 0 Å². The number of H-pyrrole nitrogens is 1. The molecular weight excluding hydrogens is 316 g/mol. The molecule has 6 nitrogen and oxygen atoms in total. The van der Waals surface area contributed by atoms with Crippen LogP contribution in [-0.4, -0.2) is 38.2 Å². The number of benzene rings is 1. The molecule has 4 rings (SSSR count). The first-order chi connectivity index (χ1) is 12.2. The van der Waals surface area contributed by atoms with Crippen molar-refractivity contribution in [3.63, 3.8) is 0 Å². The highest BCUT2D eigenvalue weighted by molar-refractivity contribution is 6.06. The molecule has 3 heterocycles. The van der Waals surface area contributed by atoms with Gasteiger partial charge in [0.1, 0.15) is 0 Å². The third-order valence-electron chi connectivity index (χ3n) is 4.83. The predicted molar refractivity (Wildman–Crippen MR) is 95.5 cm³/mol. The van der Waals surface area contributed by atoms with Crippen LogP contribution in [0, 0.1) is 0 Å². The SMILES string of the molecule is O=C(c1cc(=O)[nH]c2ccccc12)N1CCCC[C@@H]1Cn1cccn1. The van der Waals surface area contributed by atoms with Gasteiger partial charge in [0, 0.05) is 35.9 Å². The number of nitrogens with one attached hydrogen (secondary N) is 1. The first-order valence-electron chi connectivity index (χ1n) is 8.63. The number of hydrogen-bond acceptors (Lipinski definition) is 3. The zero-order chi connectivity index (χ0) is 17.2. The number of para-hydroxylation sites is 1. The first kappa shape index (κ1) is 15.6. The third kappa shape index (κ3) is 3.07. The molecule has 1 aromatic carbocycles. The lowest BCUT2D eigenvalue weighted by Crippen LogP contribution is -2.46. The van der Waals surface area contributed by atoms with Gasteiger partial charge in [-0.1, -0.05) is 18.2 Å². The standard InChI is InChI=1S/C19H20N4O2/c24-18-12-16(15-7-1-2-8-17(15)21-18)19(25)23-11-4-3-6-14(23)13-22-10-5-9-20-22/h1-2,5,7-10,12,14H,3-4,6,11,13H2,(H,21,24)/t14-/m1/s1. The van der Waals surface area contributed by atoms with Crippen LogP contribution in [0.25, 0.3) is 10.9 Å². The van der Waals surface area contributed by atoms with Gasteiger partial charge in [-0.15, -0.1) is 0 Å². The van der Waals surface area contributed by atoms with Crippen molar-refractivity contribution in [2.75, 3.05) is 6.54 Å². The minimum atomic E-state index is -0.248. The Labute approximate surface area is 145 Å². The number of piperidine rings is 1. The third-order valence-corrected chi connectivity index (χ3v) is 4.83. The van der Waals surface area contributed by atoms with E-state index in [4.69, 9.17) is 0 Å². The molecule has 1 atom stereocenters. The van der Waals surface area contributed by atoms with E-state index in [2.05, 4.69) is 10.1 Å². The summed E-state index contributed by atoms with van der Waals surface area (Å²) in [6.07, 6.45) is 6.71. The molecule has 1 amide bonds. The maximum Gasteiger partial charge on any atom is 0.255 e. The number of likely N-dealkylation sites (tertiary alicyclic amines) is 1. The Kier molecular flexibility index (Phi) is 4.09. The predicted octanol–water partition coefficient (Wildman–Crippen LogP) is 2.42. The molecule has 0 spiro atoms. The number of aromatic nitrogens is 3. The van der Waals surface area contributed by atoms with Gasteiger partial charge in [0.15, 0.2) is 0 Å². The van der Waals surface area contributed by atoms with Gasteiger partial charge in [-0.3, -0.25) is 14.3 Å². The van der Waals surface area contributed by atoms with Crippen LogP contribution in [0.4, 0.5) is 0 Å². The van der Waals surface area contributed by atoms with Crippen LogP contribution in [0.3, 0.4) is 0 Å². The van der Waals surface area contributed by atoms with E-state index in [0.29, 0.717) is 24.2 Å². The van der Waals surface area contributed by atoms with Gasteiger partial charge >= 0.3 is 0 Å². The smallest absolute Gasteiger partial charge is 0.255 e. The molecule has 0 aliphatic carbocycles. The van der Waals surface area contributed by atoms with E-state index in [9.17, 15) is 9.59 Å². The molecule has 25 heavy (non-hydrogen) atoms. The molecule has 0 unspecified atom stereocenters. The maximum atomic E-state index is 13.2. The lowest BCUT2D eigenvalue weighted by Gasteiger charge is -2.36. The molecule has 0 radical (unpaired) electrons. The highest BCUT2D eigenvalue weighted by Gasteiger charge is 2.29. The second-order valence-corrected chi connectivity index (χ2v) is 6.47. The van der Waals surface area contributed by atoms with E-state index in [1.54, 1.807) is 6.20 Å². The lowest BCUT2D eigenvalue weighted by atomic mass is 9.99. The van der Waals surface area contributed by atoms with E-state index in [-0.39, 0.29) is 17.5 Å². The average molecular weight is 336 g/mol. The molecule has 1 aliphatic heterocycles. The Morgan fingerprint density at radius 3 is 2.96 bits per heavy atom. The second-order valence-electron chi connectivity index (χ2n) is 6.47. The average Bonchev–Trinajstić information content (AvgIpc) is 3.14. The van der Waals surface area contributed by atoms with Gasteiger partial charge in [-0.2, -0.15) is 5.10 Å². The number of nitrogens with zero attached hydrogens (tertiary/aromatic N) is 3. The lowest BCUT2D eigenvalue weighted by molar-refractivity contribution is 0.0585. The van der Waals surface area contributed by atoms with Gasteiger partial charge in [-0.05, 0) is 31.4 Å². The van der Waals surface area contributed by atoms with Crippen LogP contribution >= 0.6 is 0 Å². The summed E-state index contributed by atoms with van der Waals surface area (Å²) in [4.78, 5) is 29.9. The molecule has 1 N–H and O–H groups in total. The highest BCUT2D eigenvalue weighted by Crippen LogP contribution is 2.23. The summed E-state index contributed by atoms with van der Waals surface area (Å²) in [6, 6.07) is 10.8. The Hall–Kier alpha value is -2.89. The fourth-order valence-corrected chi connectivity index (χ4v) is 3.62. The van der Waals surface area contributed by atoms with Crippen molar-refractivity contribution in [2.24, 2.45) is 0 Å². The second kappa shape index (κ2) is 6.55. The van der Waals surface area contributed by atoms with E-state index < -0.39 is 0 Å². The van der Waals surface area contributed by atoms with Crippen molar-refractivity contribution in [1.82, 2.24) is 19.7 Å². The fraction of sp³-hybridized carbons (Fsp3) is 0.316. The van der Waals surface area contributed by atoms with Crippen molar-refractivity contribution in [3.8, 4) is 0 Å². The van der Waals surface area contributed by atoms with Crippen LogP contribution in [0.2, 0.25) is 0 Å². The van der Waals surface area contributed by atoms with Crippen molar-refractivity contribution in [2.45, 2.75) is 31.8 Å². The summed E-state index contributed by atoms with van der Waals surface area (Å²) in [5, 5.41) is 5.05. The summed E-state index contributed by atoms with van der Waals surface area (Å²) in [5.74, 6) is -0.0702. The molecule has 0 saturated carbocycles. The molecule has 1 aliphatic rings. The summed E-state index contributed by atoms with van der Waals surface area (Å²) >= 11 is 0. The normalized spacial score (nSPS) is 17.8. The molecule has 1 saturated heterocycles. The van der Waals surface area contributed by atoms with Crippen molar-refractivity contribution in [3.05, 3.63) is 64.7 Å². The van der Waals surface area contributed by atoms with E-state index >= 15 is 0 Å². The number of carbonyl (C=O) groups excluding carboxylic acids is 1. The van der Waals surface area contributed by atoms with Crippen LogP contribution in [0.1, 0.15) is 29.6 Å². The molecule has 1 fully saturated rings. The summed E-state index contributed by atoms with van der Waals surface area (Å²) in [5.41, 5.74) is 0.924. The minimum absolute atomic E-state index is 0.0702. The number of rotatable bonds is 3. The Balaban J connectivity index is 1.70. The minimum Gasteiger partial charge on any atom is -0.334 e. The Morgan fingerprint density at radius 1 is 1.24 bits per heavy atom. The summed E-state index contributed by atoms with van der Waals surface area (Å²) < 4.78 is 1.87. The number of carbonyl (C=O) groups is 1. The summed E-state index contributed by atoms with van der Waals surface area (Å²) in [6.45, 7) is 1.39. The first-order valence-corrected chi connectivity index (χ1v) is 8.63.